The van der Waals surface area contributed by atoms with E-state index in [1.165, 1.54) is 0 Å². The Hall–Kier alpha value is -2.82. The Kier molecular flexibility index (Phi) is 7.41. The van der Waals surface area contributed by atoms with Crippen molar-refractivity contribution in [1.82, 2.24) is 0 Å². The van der Waals surface area contributed by atoms with Crippen molar-refractivity contribution < 1.29 is 19.1 Å². The maximum absolute atomic E-state index is 11.8. The van der Waals surface area contributed by atoms with Crippen molar-refractivity contribution >= 4 is 18.1 Å². The molecule has 2 aromatic carbocycles. The highest BCUT2D eigenvalue weighted by molar-refractivity contribution is 5.84. The Morgan fingerprint density at radius 1 is 0.963 bits per heavy atom. The molecule has 0 unspecified atom stereocenters. The van der Waals surface area contributed by atoms with E-state index < -0.39 is 11.7 Å². The molecule has 0 fully saturated rings. The minimum absolute atomic E-state index is 0.463. The van der Waals surface area contributed by atoms with Gasteiger partial charge in [0.05, 0.1) is 6.61 Å². The van der Waals surface area contributed by atoms with Crippen LogP contribution in [0, 0.1) is 0 Å². The molecule has 0 aromatic heterocycles. The number of aryl methyl sites for hydroxylation is 1. The second kappa shape index (κ2) is 9.76. The number of rotatable bonds is 8. The van der Waals surface area contributed by atoms with Crippen LogP contribution in [-0.4, -0.2) is 24.6 Å². The standard InChI is InChI=1S/C22H27NO4/c1-22(2,3)27-21(25)23-19-10-6-18(7-11-19)14-16-26-20-12-8-17(9-13-20)5-4-15-24/h6-13,15H,4-5,14,16H2,1-3H3,(H,23,25). The number of carbonyl (C=O) groups excluding carboxylic acids is 2. The topological polar surface area (TPSA) is 64.6 Å². The molecule has 0 aliphatic heterocycles. The first-order valence-corrected chi connectivity index (χ1v) is 9.10. The molecule has 2 rings (SSSR count). The van der Waals surface area contributed by atoms with E-state index in [1.54, 1.807) is 0 Å². The van der Waals surface area contributed by atoms with Gasteiger partial charge in [0.2, 0.25) is 0 Å². The predicted molar refractivity (Wildman–Crippen MR) is 106 cm³/mol. The number of nitrogens with one attached hydrogen (secondary N) is 1. The minimum atomic E-state index is -0.520. The van der Waals surface area contributed by atoms with Crippen LogP contribution in [0.3, 0.4) is 0 Å². The van der Waals surface area contributed by atoms with E-state index in [0.717, 1.165) is 36.0 Å². The molecule has 1 N–H and O–H groups in total. The summed E-state index contributed by atoms with van der Waals surface area (Å²) in [4.78, 5) is 22.2. The van der Waals surface area contributed by atoms with E-state index in [1.807, 2.05) is 69.3 Å². The zero-order chi connectivity index (χ0) is 19.7. The molecule has 0 atom stereocenters. The lowest BCUT2D eigenvalue weighted by Gasteiger charge is -2.19. The lowest BCUT2D eigenvalue weighted by molar-refractivity contribution is -0.107. The Morgan fingerprint density at radius 3 is 2.15 bits per heavy atom. The van der Waals surface area contributed by atoms with Gasteiger partial charge in [-0.1, -0.05) is 24.3 Å². The summed E-state index contributed by atoms with van der Waals surface area (Å²) in [5.74, 6) is 0.813. The number of carbonyl (C=O) groups is 2. The van der Waals surface area contributed by atoms with Gasteiger partial charge in [0.1, 0.15) is 17.6 Å². The van der Waals surface area contributed by atoms with Crippen molar-refractivity contribution in [1.29, 1.82) is 0 Å². The quantitative estimate of drug-likeness (QED) is 0.680. The van der Waals surface area contributed by atoms with Crippen LogP contribution in [0.2, 0.25) is 0 Å². The van der Waals surface area contributed by atoms with Gasteiger partial charge in [-0.3, -0.25) is 5.32 Å². The van der Waals surface area contributed by atoms with Gasteiger partial charge in [-0.25, -0.2) is 4.79 Å². The van der Waals surface area contributed by atoms with E-state index >= 15 is 0 Å². The third kappa shape index (κ3) is 7.94. The maximum Gasteiger partial charge on any atom is 0.412 e. The molecule has 0 spiro atoms. The fourth-order valence-corrected chi connectivity index (χ4v) is 2.44. The monoisotopic (exact) mass is 369 g/mol. The molecule has 0 aliphatic rings. The first-order valence-electron chi connectivity index (χ1n) is 9.10. The second-order valence-electron chi connectivity index (χ2n) is 7.27. The Bertz CT molecular complexity index is 730. The van der Waals surface area contributed by atoms with Crippen molar-refractivity contribution in [2.75, 3.05) is 11.9 Å². The molecular formula is C22H27NO4. The highest BCUT2D eigenvalue weighted by atomic mass is 16.6. The number of hydrogen-bond acceptors (Lipinski definition) is 4. The molecule has 0 bridgehead atoms. The van der Waals surface area contributed by atoms with Crippen LogP contribution in [0.15, 0.2) is 48.5 Å². The molecule has 0 saturated carbocycles. The summed E-state index contributed by atoms with van der Waals surface area (Å²) in [6, 6.07) is 15.4. The van der Waals surface area contributed by atoms with E-state index in [2.05, 4.69) is 5.32 Å². The van der Waals surface area contributed by atoms with Crippen LogP contribution in [0.1, 0.15) is 38.3 Å². The first kappa shape index (κ1) is 20.5. The van der Waals surface area contributed by atoms with E-state index in [9.17, 15) is 9.59 Å². The molecule has 0 saturated heterocycles. The fraction of sp³-hybridized carbons (Fsp3) is 0.364. The SMILES string of the molecule is CC(C)(C)OC(=O)Nc1ccc(CCOc2ccc(CCC=O)cc2)cc1. The highest BCUT2D eigenvalue weighted by Crippen LogP contribution is 2.15. The molecule has 27 heavy (non-hydrogen) atoms. The molecule has 2 aromatic rings. The average Bonchev–Trinajstić information content (AvgIpc) is 2.61. The Labute approximate surface area is 160 Å². The molecule has 5 heteroatoms. The average molecular weight is 369 g/mol. The van der Waals surface area contributed by atoms with Crippen molar-refractivity contribution in [3.05, 3.63) is 59.7 Å². The van der Waals surface area contributed by atoms with Gasteiger partial charge in [-0.15, -0.1) is 0 Å². The van der Waals surface area contributed by atoms with Gasteiger partial charge in [-0.2, -0.15) is 0 Å². The number of hydrogen-bond donors (Lipinski definition) is 1. The number of amides is 1. The number of benzene rings is 2. The largest absolute Gasteiger partial charge is 0.493 e. The van der Waals surface area contributed by atoms with Crippen molar-refractivity contribution in [3.63, 3.8) is 0 Å². The zero-order valence-corrected chi connectivity index (χ0v) is 16.2. The van der Waals surface area contributed by atoms with Gasteiger partial charge < -0.3 is 14.3 Å². The van der Waals surface area contributed by atoms with Crippen molar-refractivity contribution in [2.45, 2.75) is 45.6 Å². The van der Waals surface area contributed by atoms with Crippen molar-refractivity contribution in [3.8, 4) is 5.75 Å². The van der Waals surface area contributed by atoms with Gasteiger partial charge in [0, 0.05) is 18.5 Å². The predicted octanol–water partition coefficient (Wildman–Crippen LogP) is 4.79. The lowest BCUT2D eigenvalue weighted by atomic mass is 10.1. The Morgan fingerprint density at radius 2 is 1.56 bits per heavy atom. The summed E-state index contributed by atoms with van der Waals surface area (Å²) >= 11 is 0. The van der Waals surface area contributed by atoms with E-state index in [-0.39, 0.29) is 0 Å². The third-order valence-electron chi connectivity index (χ3n) is 3.73. The normalized spacial score (nSPS) is 10.9. The third-order valence-corrected chi connectivity index (χ3v) is 3.73. The minimum Gasteiger partial charge on any atom is -0.493 e. The van der Waals surface area contributed by atoms with E-state index in [4.69, 9.17) is 9.47 Å². The number of anilines is 1. The molecule has 1 amide bonds. The first-order chi connectivity index (χ1) is 12.9. The molecule has 0 radical (unpaired) electrons. The van der Waals surface area contributed by atoms with Crippen LogP contribution in [0.5, 0.6) is 5.75 Å². The van der Waals surface area contributed by atoms with Crippen LogP contribution < -0.4 is 10.1 Å². The summed E-state index contributed by atoms with van der Waals surface area (Å²) in [5, 5.41) is 2.71. The zero-order valence-electron chi connectivity index (χ0n) is 16.2. The van der Waals surface area contributed by atoms with Crippen molar-refractivity contribution in [2.24, 2.45) is 0 Å². The van der Waals surface area contributed by atoms with Gasteiger partial charge >= 0.3 is 6.09 Å². The molecule has 0 heterocycles. The van der Waals surface area contributed by atoms with Crippen LogP contribution in [0.25, 0.3) is 0 Å². The maximum atomic E-state index is 11.8. The highest BCUT2D eigenvalue weighted by Gasteiger charge is 2.16. The number of ether oxygens (including phenoxy) is 2. The molecule has 5 nitrogen and oxygen atoms in total. The molecular weight excluding hydrogens is 342 g/mol. The van der Waals surface area contributed by atoms with Crippen LogP contribution in [-0.2, 0) is 22.4 Å². The lowest BCUT2D eigenvalue weighted by Crippen LogP contribution is -2.27. The molecule has 144 valence electrons. The Balaban J connectivity index is 1.76. The van der Waals surface area contributed by atoms with Gasteiger partial charge in [-0.05, 0) is 62.6 Å². The van der Waals surface area contributed by atoms with Crippen LogP contribution in [0.4, 0.5) is 10.5 Å². The fourth-order valence-electron chi connectivity index (χ4n) is 2.44. The van der Waals surface area contributed by atoms with E-state index in [0.29, 0.717) is 18.7 Å². The summed E-state index contributed by atoms with van der Waals surface area (Å²) in [6.45, 7) is 6.05. The molecule has 0 aliphatic carbocycles. The second-order valence-corrected chi connectivity index (χ2v) is 7.27. The van der Waals surface area contributed by atoms with Gasteiger partial charge in [0.15, 0.2) is 0 Å². The summed E-state index contributed by atoms with van der Waals surface area (Å²) in [6.07, 6.45) is 2.53. The summed E-state index contributed by atoms with van der Waals surface area (Å²) < 4.78 is 11.0. The van der Waals surface area contributed by atoms with Crippen LogP contribution >= 0.6 is 0 Å². The summed E-state index contributed by atoms with van der Waals surface area (Å²) in [7, 11) is 0. The summed E-state index contributed by atoms with van der Waals surface area (Å²) in [5.41, 5.74) is 2.42. The smallest absolute Gasteiger partial charge is 0.412 e. The van der Waals surface area contributed by atoms with Gasteiger partial charge in [0.25, 0.3) is 0 Å². The number of aldehydes is 1.